The Bertz CT molecular complexity index is 1200. The van der Waals surface area contributed by atoms with Gasteiger partial charge < -0.3 is 26.2 Å². The zero-order chi connectivity index (χ0) is 25.3. The fourth-order valence-corrected chi connectivity index (χ4v) is 5.85. The SMILES string of the molecule is CCCc1cc(F)c(O)c2c1CC1CC3C(N(C)C)C(O)=C(C(N)=O)C(=O)C3(O)C(O)=C1C2=O. The van der Waals surface area contributed by atoms with Crippen molar-refractivity contribution in [3.8, 4) is 5.75 Å². The number of aliphatic hydroxyl groups excluding tert-OH is 2. The van der Waals surface area contributed by atoms with Crippen molar-refractivity contribution in [2.45, 2.75) is 44.2 Å². The van der Waals surface area contributed by atoms with Crippen LogP contribution >= 0.6 is 0 Å². The predicted octanol–water partition coefficient (Wildman–Crippen LogP) is 1.21. The van der Waals surface area contributed by atoms with E-state index in [4.69, 9.17) is 5.73 Å². The molecule has 9 nitrogen and oxygen atoms in total. The summed E-state index contributed by atoms with van der Waals surface area (Å²) in [4.78, 5) is 40.1. The minimum absolute atomic E-state index is 0.00450. The number of aryl methyl sites for hydroxylation is 1. The largest absolute Gasteiger partial charge is 0.510 e. The molecule has 182 valence electrons. The van der Waals surface area contributed by atoms with E-state index in [1.807, 2.05) is 6.92 Å². The standard InChI is InChI=1S/C24H27FN2O7/c1-4-5-9-8-13(25)18(28)15-11(9)6-10-7-12-17(27(2)3)20(30)16(23(26)33)22(32)24(12,34)21(31)14(10)19(15)29/h8,10,12,17,28,30-31,34H,4-7H2,1-3H3,(H2,26,33). The number of likely N-dealkylation sites (N-methyl/N-ethyl adjacent to an activating group) is 1. The second kappa shape index (κ2) is 7.92. The first-order chi connectivity index (χ1) is 15.9. The van der Waals surface area contributed by atoms with Crippen LogP contribution in [0.4, 0.5) is 4.39 Å². The number of allylic oxidation sites excluding steroid dienone is 1. The molecule has 6 N–H and O–H groups in total. The average Bonchev–Trinajstić information content (AvgIpc) is 2.74. The van der Waals surface area contributed by atoms with Crippen molar-refractivity contribution in [2.24, 2.45) is 17.6 Å². The first-order valence-corrected chi connectivity index (χ1v) is 11.1. The monoisotopic (exact) mass is 474 g/mol. The Morgan fingerprint density at radius 3 is 2.47 bits per heavy atom. The van der Waals surface area contributed by atoms with Crippen molar-refractivity contribution in [3.05, 3.63) is 51.2 Å². The number of halogens is 1. The molecule has 3 aliphatic carbocycles. The molecule has 10 heteroatoms. The lowest BCUT2D eigenvalue weighted by Gasteiger charge is -2.50. The Hall–Kier alpha value is -3.24. The van der Waals surface area contributed by atoms with Gasteiger partial charge in [0.2, 0.25) is 5.78 Å². The number of phenols is 1. The van der Waals surface area contributed by atoms with Crippen molar-refractivity contribution in [3.63, 3.8) is 0 Å². The molecular formula is C24H27FN2O7. The van der Waals surface area contributed by atoms with E-state index < -0.39 is 69.6 Å². The summed E-state index contributed by atoms with van der Waals surface area (Å²) in [6, 6.07) is 0.140. The third-order valence-corrected chi connectivity index (χ3v) is 7.29. The smallest absolute Gasteiger partial charge is 0.255 e. The van der Waals surface area contributed by atoms with Crippen LogP contribution in [-0.4, -0.2) is 68.5 Å². The van der Waals surface area contributed by atoms with Crippen LogP contribution < -0.4 is 5.73 Å². The Morgan fingerprint density at radius 2 is 1.91 bits per heavy atom. The topological polar surface area (TPSA) is 161 Å². The molecule has 0 saturated carbocycles. The third kappa shape index (κ3) is 3.01. The van der Waals surface area contributed by atoms with E-state index in [1.165, 1.54) is 11.0 Å². The highest BCUT2D eigenvalue weighted by Crippen LogP contribution is 2.52. The van der Waals surface area contributed by atoms with E-state index in [2.05, 4.69) is 0 Å². The fourth-order valence-electron chi connectivity index (χ4n) is 5.85. The minimum atomic E-state index is -2.71. The molecule has 1 aromatic rings. The van der Waals surface area contributed by atoms with Gasteiger partial charge >= 0.3 is 0 Å². The van der Waals surface area contributed by atoms with Crippen LogP contribution in [0.2, 0.25) is 0 Å². The van der Waals surface area contributed by atoms with Crippen LogP contribution in [0.1, 0.15) is 41.3 Å². The first kappa shape index (κ1) is 23.9. The van der Waals surface area contributed by atoms with Gasteiger partial charge in [0.05, 0.1) is 11.6 Å². The molecule has 0 aromatic heterocycles. The quantitative estimate of drug-likeness (QED) is 0.407. The van der Waals surface area contributed by atoms with E-state index in [0.717, 1.165) is 0 Å². The number of carbonyl (C=O) groups is 3. The van der Waals surface area contributed by atoms with E-state index >= 15 is 0 Å². The van der Waals surface area contributed by atoms with Gasteiger partial charge in [-0.1, -0.05) is 13.3 Å². The van der Waals surface area contributed by atoms with Gasteiger partial charge in [-0.3, -0.25) is 19.3 Å². The molecular weight excluding hydrogens is 447 g/mol. The van der Waals surface area contributed by atoms with Gasteiger partial charge in [-0.2, -0.15) is 0 Å². The van der Waals surface area contributed by atoms with Gasteiger partial charge in [0, 0.05) is 11.5 Å². The number of hydrogen-bond donors (Lipinski definition) is 5. The number of ketones is 2. The lowest BCUT2D eigenvalue weighted by molar-refractivity contribution is -0.148. The molecule has 0 bridgehead atoms. The van der Waals surface area contributed by atoms with Gasteiger partial charge in [0.25, 0.3) is 5.91 Å². The summed E-state index contributed by atoms with van der Waals surface area (Å²) in [6.45, 7) is 1.89. The molecule has 0 saturated heterocycles. The molecule has 1 aromatic carbocycles. The second-order valence-corrected chi connectivity index (χ2v) is 9.43. The van der Waals surface area contributed by atoms with Gasteiger partial charge in [-0.15, -0.1) is 0 Å². The zero-order valence-electron chi connectivity index (χ0n) is 19.1. The Kier molecular flexibility index (Phi) is 5.57. The average molecular weight is 474 g/mol. The van der Waals surface area contributed by atoms with Crippen LogP contribution in [0.15, 0.2) is 28.7 Å². The van der Waals surface area contributed by atoms with E-state index in [-0.39, 0.29) is 24.0 Å². The number of amides is 1. The number of carbonyl (C=O) groups excluding carboxylic acids is 3. The zero-order valence-corrected chi connectivity index (χ0v) is 19.1. The normalized spacial score (nSPS) is 28.7. The molecule has 4 atom stereocenters. The summed E-state index contributed by atoms with van der Waals surface area (Å²) in [7, 11) is 3.13. The molecule has 3 aliphatic rings. The Labute approximate surface area is 195 Å². The van der Waals surface area contributed by atoms with E-state index in [0.29, 0.717) is 24.0 Å². The molecule has 0 aliphatic heterocycles. The van der Waals surface area contributed by atoms with Crippen LogP contribution in [0.5, 0.6) is 5.75 Å². The maximum absolute atomic E-state index is 14.4. The van der Waals surface area contributed by atoms with Crippen molar-refractivity contribution in [1.29, 1.82) is 0 Å². The van der Waals surface area contributed by atoms with Crippen molar-refractivity contribution in [1.82, 2.24) is 4.90 Å². The summed E-state index contributed by atoms with van der Waals surface area (Å²) < 4.78 is 14.4. The Balaban J connectivity index is 1.98. The van der Waals surface area contributed by atoms with Crippen molar-refractivity contribution in [2.75, 3.05) is 14.1 Å². The van der Waals surface area contributed by atoms with Gasteiger partial charge in [-0.05, 0) is 56.5 Å². The van der Waals surface area contributed by atoms with Gasteiger partial charge in [0.1, 0.15) is 17.1 Å². The minimum Gasteiger partial charge on any atom is -0.510 e. The number of hydrogen-bond acceptors (Lipinski definition) is 8. The van der Waals surface area contributed by atoms with Gasteiger partial charge in [0.15, 0.2) is 23.0 Å². The summed E-state index contributed by atoms with van der Waals surface area (Å²) in [5.74, 6) is -8.68. The summed E-state index contributed by atoms with van der Waals surface area (Å²) in [5, 5.41) is 43.8. The maximum atomic E-state index is 14.4. The van der Waals surface area contributed by atoms with Crippen molar-refractivity contribution >= 4 is 17.5 Å². The predicted molar refractivity (Wildman–Crippen MR) is 118 cm³/mol. The fraction of sp³-hybridized carbons (Fsp3) is 0.458. The molecule has 0 heterocycles. The van der Waals surface area contributed by atoms with Crippen LogP contribution in [-0.2, 0) is 22.4 Å². The molecule has 4 unspecified atom stereocenters. The lowest BCUT2D eigenvalue weighted by atomic mass is 9.58. The van der Waals surface area contributed by atoms with Crippen LogP contribution in [0, 0.1) is 17.7 Å². The number of nitrogens with zero attached hydrogens (tertiary/aromatic N) is 1. The highest BCUT2D eigenvalue weighted by atomic mass is 19.1. The van der Waals surface area contributed by atoms with E-state index in [1.54, 1.807) is 14.1 Å². The summed E-state index contributed by atoms with van der Waals surface area (Å²) in [6.07, 6.45) is 1.27. The number of nitrogens with two attached hydrogens (primary N) is 1. The third-order valence-electron chi connectivity index (χ3n) is 7.29. The number of aromatic hydroxyl groups is 1. The van der Waals surface area contributed by atoms with Crippen LogP contribution in [0.3, 0.4) is 0 Å². The molecule has 0 radical (unpaired) electrons. The number of primary amides is 1. The Morgan fingerprint density at radius 1 is 1.26 bits per heavy atom. The number of benzene rings is 1. The highest BCUT2D eigenvalue weighted by molar-refractivity contribution is 6.24. The maximum Gasteiger partial charge on any atom is 0.255 e. The summed E-state index contributed by atoms with van der Waals surface area (Å²) in [5.41, 5.74) is 2.13. The number of rotatable bonds is 4. The number of Topliss-reactive ketones (excluding diaryl/α,β-unsaturated/α-hetero) is 2. The number of fused-ring (bicyclic) bond motifs is 3. The van der Waals surface area contributed by atoms with Crippen LogP contribution in [0.25, 0.3) is 0 Å². The van der Waals surface area contributed by atoms with Crippen molar-refractivity contribution < 1.29 is 39.2 Å². The van der Waals surface area contributed by atoms with Gasteiger partial charge in [-0.25, -0.2) is 4.39 Å². The molecule has 4 rings (SSSR count). The highest BCUT2D eigenvalue weighted by Gasteiger charge is 2.63. The molecule has 0 spiro atoms. The molecule has 1 amide bonds. The number of phenolic OH excluding ortho intramolecular Hbond substituents is 1. The number of aliphatic hydroxyl groups is 3. The second-order valence-electron chi connectivity index (χ2n) is 9.43. The lowest BCUT2D eigenvalue weighted by Crippen LogP contribution is -2.63. The summed E-state index contributed by atoms with van der Waals surface area (Å²) >= 11 is 0. The first-order valence-electron chi connectivity index (χ1n) is 11.1. The van der Waals surface area contributed by atoms with E-state index in [9.17, 15) is 39.2 Å². The molecule has 34 heavy (non-hydrogen) atoms. The molecule has 0 fully saturated rings.